The first-order valence-corrected chi connectivity index (χ1v) is 12.3. The summed E-state index contributed by atoms with van der Waals surface area (Å²) in [6.07, 6.45) is -2.93. The van der Waals surface area contributed by atoms with Crippen LogP contribution in [0, 0.1) is 5.82 Å². The predicted octanol–water partition coefficient (Wildman–Crippen LogP) is 5.26. The number of halogens is 5. The number of hydrogen-bond donors (Lipinski definition) is 0. The summed E-state index contributed by atoms with van der Waals surface area (Å²) in [4.78, 5) is 19.1. The van der Waals surface area contributed by atoms with E-state index in [-0.39, 0.29) is 34.6 Å². The number of piperazine rings is 1. The molecule has 0 unspecified atom stereocenters. The maximum Gasteiger partial charge on any atom is 0.324 e. The molecule has 0 atom stereocenters. The van der Waals surface area contributed by atoms with Crippen LogP contribution in [0.3, 0.4) is 0 Å². The average Bonchev–Trinajstić information content (AvgIpc) is 3.34. The van der Waals surface area contributed by atoms with Gasteiger partial charge in [-0.2, -0.15) is 8.78 Å². The molecular weight excluding hydrogens is 534 g/mol. The lowest BCUT2D eigenvalue weighted by Gasteiger charge is -2.43. The molecule has 2 aliphatic heterocycles. The van der Waals surface area contributed by atoms with Crippen LogP contribution in [0.2, 0.25) is 10.0 Å². The summed E-state index contributed by atoms with van der Waals surface area (Å²) in [6, 6.07) is 8.79. The molecule has 2 amide bonds. The summed E-state index contributed by atoms with van der Waals surface area (Å²) in [6.45, 7) is 3.68. The van der Waals surface area contributed by atoms with Crippen LogP contribution in [0.15, 0.2) is 40.8 Å². The highest BCUT2D eigenvalue weighted by atomic mass is 35.5. The Kier molecular flexibility index (Phi) is 7.57. The molecule has 13 heteroatoms. The number of carbonyl (C=O) groups excluding carboxylic acids is 1. The smallest absolute Gasteiger partial charge is 0.324 e. The number of aromatic nitrogens is 2. The first-order valence-electron chi connectivity index (χ1n) is 11.5. The maximum atomic E-state index is 15.2. The van der Waals surface area contributed by atoms with E-state index in [1.165, 1.54) is 23.1 Å². The second kappa shape index (κ2) is 10.9. The lowest BCUT2D eigenvalue weighted by molar-refractivity contribution is -0.0738. The van der Waals surface area contributed by atoms with E-state index in [9.17, 15) is 13.6 Å². The average molecular weight is 556 g/mol. The fraction of sp³-hybridized carbons (Fsp3) is 0.375. The van der Waals surface area contributed by atoms with Crippen molar-refractivity contribution in [2.24, 2.45) is 0 Å². The fourth-order valence-electron chi connectivity index (χ4n) is 4.26. The van der Waals surface area contributed by atoms with Crippen molar-refractivity contribution in [2.75, 3.05) is 44.3 Å². The van der Waals surface area contributed by atoms with E-state index in [0.717, 1.165) is 6.07 Å². The minimum atomic E-state index is -2.93. The molecule has 196 valence electrons. The Morgan fingerprint density at radius 2 is 1.84 bits per heavy atom. The number of amides is 2. The number of benzene rings is 2. The van der Waals surface area contributed by atoms with Crippen molar-refractivity contribution in [1.29, 1.82) is 0 Å². The quantitative estimate of drug-likeness (QED) is 0.413. The zero-order valence-corrected chi connectivity index (χ0v) is 20.9. The van der Waals surface area contributed by atoms with E-state index in [1.807, 2.05) is 0 Å². The summed E-state index contributed by atoms with van der Waals surface area (Å²) < 4.78 is 50.9. The lowest BCUT2D eigenvalue weighted by Crippen LogP contribution is -2.59. The summed E-state index contributed by atoms with van der Waals surface area (Å²) in [5.41, 5.74) is 0.703. The Bertz CT molecular complexity index is 1280. The van der Waals surface area contributed by atoms with Gasteiger partial charge in [0.25, 0.3) is 5.89 Å². The van der Waals surface area contributed by atoms with E-state index < -0.39 is 18.1 Å². The summed E-state index contributed by atoms with van der Waals surface area (Å²) >= 11 is 12.5. The van der Waals surface area contributed by atoms with Crippen molar-refractivity contribution < 1.29 is 27.1 Å². The Labute approximate surface area is 220 Å². The number of carbonyl (C=O) groups is 1. The highest BCUT2D eigenvalue weighted by Crippen LogP contribution is 2.32. The van der Waals surface area contributed by atoms with Gasteiger partial charge in [-0.15, -0.1) is 10.2 Å². The van der Waals surface area contributed by atoms with Gasteiger partial charge in [-0.3, -0.25) is 9.80 Å². The van der Waals surface area contributed by atoms with Crippen molar-refractivity contribution in [1.82, 2.24) is 20.0 Å². The Morgan fingerprint density at radius 3 is 2.43 bits per heavy atom. The normalized spacial score (nSPS) is 16.8. The van der Waals surface area contributed by atoms with Crippen LogP contribution in [-0.2, 0) is 11.3 Å². The molecule has 0 spiro atoms. The molecule has 3 aromatic rings. The van der Waals surface area contributed by atoms with Crippen LogP contribution in [0.1, 0.15) is 17.9 Å². The number of nitrogens with zero attached hydrogens (tertiary/aromatic N) is 5. The Balaban J connectivity index is 1.38. The van der Waals surface area contributed by atoms with E-state index in [0.29, 0.717) is 56.1 Å². The molecule has 0 aliphatic carbocycles. The zero-order valence-electron chi connectivity index (χ0n) is 19.4. The number of anilines is 1. The van der Waals surface area contributed by atoms with E-state index in [4.69, 9.17) is 32.4 Å². The molecule has 2 aliphatic rings. The molecule has 2 saturated heterocycles. The van der Waals surface area contributed by atoms with Gasteiger partial charge in [0.15, 0.2) is 0 Å². The van der Waals surface area contributed by atoms with Gasteiger partial charge in [0, 0.05) is 42.3 Å². The van der Waals surface area contributed by atoms with E-state index >= 15 is 4.39 Å². The van der Waals surface area contributed by atoms with E-state index in [1.54, 1.807) is 17.0 Å². The number of rotatable bonds is 6. The molecule has 37 heavy (non-hydrogen) atoms. The fourth-order valence-corrected chi connectivity index (χ4v) is 4.77. The summed E-state index contributed by atoms with van der Waals surface area (Å²) in [5.74, 6) is -1.75. The molecule has 2 fully saturated rings. The number of hydrogen-bond acceptors (Lipinski definition) is 6. The third-order valence-electron chi connectivity index (χ3n) is 6.41. The van der Waals surface area contributed by atoms with Crippen molar-refractivity contribution in [3.63, 3.8) is 0 Å². The van der Waals surface area contributed by atoms with Crippen LogP contribution in [0.5, 0.6) is 0 Å². The molecule has 0 radical (unpaired) electrons. The largest absolute Gasteiger partial charge is 0.415 e. The Morgan fingerprint density at radius 1 is 1.08 bits per heavy atom. The molecule has 0 saturated carbocycles. The van der Waals surface area contributed by atoms with Crippen molar-refractivity contribution in [2.45, 2.75) is 19.0 Å². The minimum absolute atomic E-state index is 0.130. The molecular formula is C24H22Cl2F3N5O3. The summed E-state index contributed by atoms with van der Waals surface area (Å²) in [7, 11) is 0. The van der Waals surface area contributed by atoms with Gasteiger partial charge < -0.3 is 14.1 Å². The van der Waals surface area contributed by atoms with Gasteiger partial charge in [-0.05, 0) is 30.3 Å². The van der Waals surface area contributed by atoms with Crippen LogP contribution >= 0.6 is 23.2 Å². The first-order chi connectivity index (χ1) is 17.8. The van der Waals surface area contributed by atoms with Crippen molar-refractivity contribution in [3.05, 3.63) is 63.7 Å². The summed E-state index contributed by atoms with van der Waals surface area (Å²) in [5, 5.41) is 7.46. The van der Waals surface area contributed by atoms with Crippen molar-refractivity contribution in [3.8, 4) is 11.5 Å². The predicted molar refractivity (Wildman–Crippen MR) is 130 cm³/mol. The van der Waals surface area contributed by atoms with Gasteiger partial charge in [0.05, 0.1) is 36.5 Å². The zero-order chi connectivity index (χ0) is 26.1. The van der Waals surface area contributed by atoms with Crippen molar-refractivity contribution >= 4 is 34.9 Å². The number of alkyl halides is 2. The topological polar surface area (TPSA) is 74.9 Å². The van der Waals surface area contributed by atoms with Gasteiger partial charge in [-0.1, -0.05) is 29.3 Å². The molecule has 3 heterocycles. The molecule has 2 aromatic carbocycles. The van der Waals surface area contributed by atoms with Gasteiger partial charge in [0.1, 0.15) is 5.82 Å². The first kappa shape index (κ1) is 25.8. The van der Waals surface area contributed by atoms with Crippen LogP contribution in [-0.4, -0.2) is 71.5 Å². The highest BCUT2D eigenvalue weighted by molar-refractivity contribution is 6.36. The molecule has 0 bridgehead atoms. The second-order valence-electron chi connectivity index (χ2n) is 8.73. The standard InChI is InChI=1S/C24H22Cl2F3N5O3/c25-16-3-4-20(18(26)10-16)34(24(35)33-7-5-32(6-8-33)17-12-36-13-17)11-15-2-1-14(9-19(15)27)22-30-31-23(37-22)21(28)29/h1-4,9-10,17,21H,5-8,11-13H2. The van der Waals surface area contributed by atoms with Gasteiger partial charge in [0.2, 0.25) is 5.89 Å². The lowest BCUT2D eigenvalue weighted by atomic mass is 10.1. The van der Waals surface area contributed by atoms with Crippen LogP contribution in [0.25, 0.3) is 11.5 Å². The molecule has 5 rings (SSSR count). The van der Waals surface area contributed by atoms with Crippen LogP contribution < -0.4 is 4.90 Å². The minimum Gasteiger partial charge on any atom is -0.415 e. The van der Waals surface area contributed by atoms with Gasteiger partial charge in [-0.25, -0.2) is 9.18 Å². The third-order valence-corrected chi connectivity index (χ3v) is 6.95. The second-order valence-corrected chi connectivity index (χ2v) is 9.57. The number of ether oxygens (including phenoxy) is 1. The molecule has 1 aromatic heterocycles. The SMILES string of the molecule is O=C(N1CCN(C2COC2)CC1)N(Cc1ccc(-c2nnc(C(F)F)o2)cc1F)c1ccc(Cl)cc1Cl. The highest BCUT2D eigenvalue weighted by Gasteiger charge is 2.33. The van der Waals surface area contributed by atoms with E-state index in [2.05, 4.69) is 15.1 Å². The monoisotopic (exact) mass is 555 g/mol. The van der Waals surface area contributed by atoms with Gasteiger partial charge >= 0.3 is 12.5 Å². The number of urea groups is 1. The van der Waals surface area contributed by atoms with Crippen LogP contribution in [0.4, 0.5) is 23.7 Å². The Hall–Kier alpha value is -2.86. The molecule has 0 N–H and O–H groups in total. The molecule has 8 nitrogen and oxygen atoms in total. The maximum absolute atomic E-state index is 15.2. The third kappa shape index (κ3) is 5.54.